The van der Waals surface area contributed by atoms with Gasteiger partial charge in [-0.25, -0.2) is 0 Å². The maximum absolute atomic E-state index is 12.3. The fourth-order valence-corrected chi connectivity index (χ4v) is 4.15. The molecule has 90 valence electrons. The van der Waals surface area contributed by atoms with Crippen molar-refractivity contribution in [3.63, 3.8) is 0 Å². The summed E-state index contributed by atoms with van der Waals surface area (Å²) in [5.41, 5.74) is -0.167. The average molecular weight is 222 g/mol. The number of carbonyl (C=O) groups is 2. The summed E-state index contributed by atoms with van der Waals surface area (Å²) in [6, 6.07) is 0. The standard InChI is InChI=1S/C14H22O2/c1-9-5-6-12(16)14(9)8-13(3,4)7-11(14)10(2)15/h9,11H,5-8H2,1-4H3/t9-,11-,14+/m0/s1. The molecule has 2 rings (SSSR count). The van der Waals surface area contributed by atoms with Crippen molar-refractivity contribution in [2.45, 2.75) is 53.4 Å². The third kappa shape index (κ3) is 1.46. The highest BCUT2D eigenvalue weighted by molar-refractivity contribution is 5.94. The summed E-state index contributed by atoms with van der Waals surface area (Å²) in [5, 5.41) is 0. The van der Waals surface area contributed by atoms with Crippen LogP contribution in [0, 0.1) is 22.7 Å². The summed E-state index contributed by atoms with van der Waals surface area (Å²) in [6.45, 7) is 8.19. The summed E-state index contributed by atoms with van der Waals surface area (Å²) in [5.74, 6) is 0.932. The Morgan fingerprint density at radius 3 is 2.44 bits per heavy atom. The molecule has 0 saturated heterocycles. The van der Waals surface area contributed by atoms with Gasteiger partial charge >= 0.3 is 0 Å². The number of rotatable bonds is 1. The van der Waals surface area contributed by atoms with Crippen LogP contribution in [-0.4, -0.2) is 11.6 Å². The van der Waals surface area contributed by atoms with E-state index in [2.05, 4.69) is 20.8 Å². The lowest BCUT2D eigenvalue weighted by atomic mass is 9.68. The molecule has 2 heteroatoms. The first-order valence-electron chi connectivity index (χ1n) is 6.33. The van der Waals surface area contributed by atoms with Crippen LogP contribution in [-0.2, 0) is 9.59 Å². The van der Waals surface area contributed by atoms with Crippen molar-refractivity contribution in [1.29, 1.82) is 0 Å². The lowest BCUT2D eigenvalue weighted by molar-refractivity contribution is -0.136. The predicted molar refractivity (Wildman–Crippen MR) is 63.0 cm³/mol. The van der Waals surface area contributed by atoms with Gasteiger partial charge in [-0.05, 0) is 37.5 Å². The Balaban J connectivity index is 2.44. The lowest BCUT2D eigenvalue weighted by Crippen LogP contribution is -2.38. The van der Waals surface area contributed by atoms with E-state index >= 15 is 0 Å². The van der Waals surface area contributed by atoms with E-state index in [-0.39, 0.29) is 22.5 Å². The first-order chi connectivity index (χ1) is 7.29. The monoisotopic (exact) mass is 222 g/mol. The molecule has 2 aliphatic carbocycles. The van der Waals surface area contributed by atoms with Crippen molar-refractivity contribution in [2.24, 2.45) is 22.7 Å². The summed E-state index contributed by atoms with van der Waals surface area (Å²) in [7, 11) is 0. The fraction of sp³-hybridized carbons (Fsp3) is 0.857. The molecule has 0 N–H and O–H groups in total. The van der Waals surface area contributed by atoms with Gasteiger partial charge in [0.25, 0.3) is 0 Å². The first-order valence-corrected chi connectivity index (χ1v) is 6.33. The van der Waals surface area contributed by atoms with Gasteiger partial charge in [0.05, 0.1) is 0 Å². The molecular weight excluding hydrogens is 200 g/mol. The molecule has 0 aromatic carbocycles. The topological polar surface area (TPSA) is 34.1 Å². The van der Waals surface area contributed by atoms with E-state index in [9.17, 15) is 9.59 Å². The molecule has 2 saturated carbocycles. The van der Waals surface area contributed by atoms with Crippen LogP contribution in [0.25, 0.3) is 0 Å². The first kappa shape index (κ1) is 11.8. The summed E-state index contributed by atoms with van der Waals surface area (Å²) in [4.78, 5) is 24.1. The summed E-state index contributed by atoms with van der Waals surface area (Å²) >= 11 is 0. The third-order valence-electron chi connectivity index (χ3n) is 4.84. The number of hydrogen-bond donors (Lipinski definition) is 0. The molecular formula is C14H22O2. The minimum atomic E-state index is -0.310. The molecule has 0 bridgehead atoms. The number of ketones is 2. The largest absolute Gasteiger partial charge is 0.300 e. The van der Waals surface area contributed by atoms with Crippen molar-refractivity contribution in [3.05, 3.63) is 0 Å². The molecule has 0 aromatic rings. The van der Waals surface area contributed by atoms with Gasteiger partial charge in [-0.2, -0.15) is 0 Å². The summed E-state index contributed by atoms with van der Waals surface area (Å²) in [6.07, 6.45) is 3.45. The smallest absolute Gasteiger partial charge is 0.140 e. The quantitative estimate of drug-likeness (QED) is 0.683. The zero-order valence-corrected chi connectivity index (χ0v) is 10.8. The van der Waals surface area contributed by atoms with Crippen molar-refractivity contribution in [2.75, 3.05) is 0 Å². The number of hydrogen-bond acceptors (Lipinski definition) is 2. The second kappa shape index (κ2) is 3.41. The lowest BCUT2D eigenvalue weighted by Gasteiger charge is -2.33. The van der Waals surface area contributed by atoms with Crippen molar-refractivity contribution >= 4 is 11.6 Å². The Kier molecular flexibility index (Phi) is 2.52. The Morgan fingerprint density at radius 2 is 2.00 bits per heavy atom. The number of carbonyl (C=O) groups excluding carboxylic acids is 2. The normalized spacial score (nSPS) is 41.9. The van der Waals surface area contributed by atoms with Gasteiger partial charge < -0.3 is 0 Å². The van der Waals surface area contributed by atoms with E-state index in [1.165, 1.54) is 0 Å². The zero-order valence-electron chi connectivity index (χ0n) is 10.8. The molecule has 2 fully saturated rings. The average Bonchev–Trinajstić information content (AvgIpc) is 2.59. The molecule has 2 aliphatic rings. The summed E-state index contributed by atoms with van der Waals surface area (Å²) < 4.78 is 0. The Hall–Kier alpha value is -0.660. The van der Waals surface area contributed by atoms with Crippen LogP contribution in [0.3, 0.4) is 0 Å². The molecule has 2 nitrogen and oxygen atoms in total. The van der Waals surface area contributed by atoms with Crippen LogP contribution in [0.2, 0.25) is 0 Å². The maximum Gasteiger partial charge on any atom is 0.140 e. The van der Waals surface area contributed by atoms with Crippen LogP contribution >= 0.6 is 0 Å². The van der Waals surface area contributed by atoms with E-state index in [4.69, 9.17) is 0 Å². The Bertz CT molecular complexity index is 343. The van der Waals surface area contributed by atoms with E-state index in [1.54, 1.807) is 6.92 Å². The van der Waals surface area contributed by atoms with Gasteiger partial charge in [0.15, 0.2) is 0 Å². The Morgan fingerprint density at radius 1 is 1.38 bits per heavy atom. The SMILES string of the molecule is CC(=O)[C@@H]1CC(C)(C)C[C@]12C(=O)CC[C@@H]2C. The second-order valence-corrected chi connectivity index (χ2v) is 6.61. The highest BCUT2D eigenvalue weighted by atomic mass is 16.1. The molecule has 1 spiro atoms. The van der Waals surface area contributed by atoms with Gasteiger partial charge in [-0.1, -0.05) is 20.8 Å². The molecule has 0 radical (unpaired) electrons. The van der Waals surface area contributed by atoms with E-state index in [0.29, 0.717) is 18.1 Å². The van der Waals surface area contributed by atoms with E-state index < -0.39 is 0 Å². The molecule has 0 aliphatic heterocycles. The van der Waals surface area contributed by atoms with Gasteiger partial charge in [-0.15, -0.1) is 0 Å². The fourth-order valence-electron chi connectivity index (χ4n) is 4.15. The van der Waals surface area contributed by atoms with Crippen LogP contribution in [0.1, 0.15) is 53.4 Å². The molecule has 0 unspecified atom stereocenters. The van der Waals surface area contributed by atoms with Crippen molar-refractivity contribution < 1.29 is 9.59 Å². The minimum Gasteiger partial charge on any atom is -0.300 e. The second-order valence-electron chi connectivity index (χ2n) is 6.61. The Labute approximate surface area is 97.8 Å². The minimum absolute atomic E-state index is 0.0208. The predicted octanol–water partition coefficient (Wildman–Crippen LogP) is 3.00. The van der Waals surface area contributed by atoms with Crippen LogP contribution in [0.15, 0.2) is 0 Å². The van der Waals surface area contributed by atoms with Crippen LogP contribution in [0.5, 0.6) is 0 Å². The number of Topliss-reactive ketones (excluding diaryl/α,β-unsaturated/α-hetero) is 2. The highest BCUT2D eigenvalue weighted by Gasteiger charge is 2.61. The molecule has 0 aromatic heterocycles. The van der Waals surface area contributed by atoms with Gasteiger partial charge in [0.2, 0.25) is 0 Å². The van der Waals surface area contributed by atoms with Gasteiger partial charge in [-0.3, -0.25) is 9.59 Å². The molecule has 0 heterocycles. The van der Waals surface area contributed by atoms with Crippen LogP contribution < -0.4 is 0 Å². The van der Waals surface area contributed by atoms with Crippen molar-refractivity contribution in [3.8, 4) is 0 Å². The van der Waals surface area contributed by atoms with Crippen molar-refractivity contribution in [1.82, 2.24) is 0 Å². The molecule has 3 atom stereocenters. The molecule has 16 heavy (non-hydrogen) atoms. The van der Waals surface area contributed by atoms with Crippen LogP contribution in [0.4, 0.5) is 0 Å². The maximum atomic E-state index is 12.3. The van der Waals surface area contributed by atoms with Gasteiger partial charge in [0, 0.05) is 17.8 Å². The zero-order chi connectivity index (χ0) is 12.1. The van der Waals surface area contributed by atoms with E-state index in [0.717, 1.165) is 19.3 Å². The third-order valence-corrected chi connectivity index (χ3v) is 4.84. The van der Waals surface area contributed by atoms with Gasteiger partial charge in [0.1, 0.15) is 11.6 Å². The highest BCUT2D eigenvalue weighted by Crippen LogP contribution is 2.61. The van der Waals surface area contributed by atoms with E-state index in [1.807, 2.05) is 0 Å². The molecule has 0 amide bonds.